The lowest BCUT2D eigenvalue weighted by atomic mass is 10.1. The van der Waals surface area contributed by atoms with E-state index in [0.29, 0.717) is 27.6 Å². The molecule has 0 saturated heterocycles. The Hall–Kier alpha value is -4.80. The van der Waals surface area contributed by atoms with Crippen LogP contribution in [-0.4, -0.2) is 24.9 Å². The minimum atomic E-state index is -0.551. The molecule has 5 rings (SSSR count). The van der Waals surface area contributed by atoms with Crippen molar-refractivity contribution in [1.29, 1.82) is 0 Å². The number of hydrogen-bond acceptors (Lipinski definition) is 6. The molecule has 36 heavy (non-hydrogen) atoms. The summed E-state index contributed by atoms with van der Waals surface area (Å²) in [5.74, 6) is 7.07. The first kappa shape index (κ1) is 23.0. The number of hydrogen-bond donors (Lipinski definition) is 1. The Labute approximate surface area is 211 Å². The van der Waals surface area contributed by atoms with Gasteiger partial charge in [0.15, 0.2) is 5.82 Å². The minimum absolute atomic E-state index is 0.233. The van der Waals surface area contributed by atoms with E-state index in [1.54, 1.807) is 30.6 Å². The van der Waals surface area contributed by atoms with Crippen molar-refractivity contribution in [3.05, 3.63) is 124 Å². The van der Waals surface area contributed by atoms with Gasteiger partial charge in [-0.1, -0.05) is 35.7 Å². The van der Waals surface area contributed by atoms with Crippen LogP contribution in [0.1, 0.15) is 17.0 Å². The summed E-state index contributed by atoms with van der Waals surface area (Å²) in [6.45, 7) is 0.233. The predicted octanol–water partition coefficient (Wildman–Crippen LogP) is 4.92. The van der Waals surface area contributed by atoms with Crippen molar-refractivity contribution in [2.75, 3.05) is 0 Å². The molecule has 0 bridgehead atoms. The van der Waals surface area contributed by atoms with Gasteiger partial charge in [-0.05, 0) is 66.6 Å². The molecule has 0 aliphatic rings. The number of rotatable bonds is 5. The Morgan fingerprint density at radius 1 is 0.833 bits per heavy atom. The first-order chi connectivity index (χ1) is 17.7. The molecule has 174 valence electrons. The van der Waals surface area contributed by atoms with Crippen LogP contribution in [0.25, 0.3) is 22.8 Å². The molecule has 0 spiro atoms. The summed E-state index contributed by atoms with van der Waals surface area (Å²) in [6, 6.07) is 23.7. The summed E-state index contributed by atoms with van der Waals surface area (Å²) in [4.78, 5) is 32.2. The van der Waals surface area contributed by atoms with E-state index in [4.69, 9.17) is 16.3 Å². The molecule has 8 heteroatoms. The van der Waals surface area contributed by atoms with Gasteiger partial charge in [-0.25, -0.2) is 14.8 Å². The Morgan fingerprint density at radius 2 is 1.64 bits per heavy atom. The molecule has 0 aliphatic carbocycles. The van der Waals surface area contributed by atoms with Crippen LogP contribution in [0.2, 0.25) is 5.02 Å². The van der Waals surface area contributed by atoms with Crippen LogP contribution in [0.4, 0.5) is 0 Å². The third-order valence-corrected chi connectivity index (χ3v) is 5.42. The average Bonchev–Trinajstić information content (AvgIpc) is 2.92. The molecule has 5 aromatic rings. The summed E-state index contributed by atoms with van der Waals surface area (Å²) < 4.78 is 5.97. The van der Waals surface area contributed by atoms with Gasteiger partial charge >= 0.3 is 5.69 Å². The van der Waals surface area contributed by atoms with Crippen molar-refractivity contribution in [1.82, 2.24) is 24.9 Å². The van der Waals surface area contributed by atoms with E-state index >= 15 is 0 Å². The molecule has 2 aromatic carbocycles. The van der Waals surface area contributed by atoms with Gasteiger partial charge in [0.1, 0.15) is 23.9 Å². The van der Waals surface area contributed by atoms with E-state index in [0.717, 1.165) is 11.3 Å². The molecule has 0 unspecified atom stereocenters. The Balaban J connectivity index is 1.44. The van der Waals surface area contributed by atoms with E-state index in [-0.39, 0.29) is 18.3 Å². The second kappa shape index (κ2) is 10.6. The normalized spacial score (nSPS) is 10.4. The van der Waals surface area contributed by atoms with Crippen LogP contribution in [0, 0.1) is 11.8 Å². The largest absolute Gasteiger partial charge is 0.486 e. The predicted molar refractivity (Wildman–Crippen MR) is 137 cm³/mol. The highest BCUT2D eigenvalue weighted by Gasteiger charge is 2.16. The van der Waals surface area contributed by atoms with E-state index in [9.17, 15) is 4.79 Å². The lowest BCUT2D eigenvalue weighted by molar-refractivity contribution is 0.302. The third kappa shape index (κ3) is 5.46. The van der Waals surface area contributed by atoms with E-state index in [1.165, 1.54) is 0 Å². The van der Waals surface area contributed by atoms with Gasteiger partial charge < -0.3 is 4.74 Å². The Bertz CT molecular complexity index is 1610. The number of ether oxygens (including phenoxy) is 1. The van der Waals surface area contributed by atoms with Crippen LogP contribution in [-0.2, 0) is 6.61 Å². The molecule has 7 nitrogen and oxygen atoms in total. The van der Waals surface area contributed by atoms with Crippen LogP contribution in [0.3, 0.4) is 0 Å². The van der Waals surface area contributed by atoms with Gasteiger partial charge in [0.05, 0.1) is 16.3 Å². The topological polar surface area (TPSA) is 93.7 Å². The molecule has 0 radical (unpaired) electrons. The summed E-state index contributed by atoms with van der Waals surface area (Å²) in [6.07, 6.45) is 3.39. The maximum absolute atomic E-state index is 12.5. The van der Waals surface area contributed by atoms with Crippen LogP contribution in [0.5, 0.6) is 5.75 Å². The quantitative estimate of drug-likeness (QED) is 0.351. The highest BCUT2D eigenvalue weighted by molar-refractivity contribution is 6.33. The second-order valence-corrected chi connectivity index (χ2v) is 8.00. The number of aromatic amines is 1. The van der Waals surface area contributed by atoms with E-state index < -0.39 is 5.69 Å². The summed E-state index contributed by atoms with van der Waals surface area (Å²) in [5, 5.41) is 0.383. The summed E-state index contributed by atoms with van der Waals surface area (Å²) in [7, 11) is 0. The van der Waals surface area contributed by atoms with Gasteiger partial charge in [0.25, 0.3) is 0 Å². The van der Waals surface area contributed by atoms with Crippen LogP contribution < -0.4 is 10.4 Å². The zero-order chi connectivity index (χ0) is 24.7. The molecule has 1 N–H and O–H groups in total. The minimum Gasteiger partial charge on any atom is -0.486 e. The Kier molecular flexibility index (Phi) is 6.79. The number of nitrogens with one attached hydrogen (secondary N) is 1. The summed E-state index contributed by atoms with van der Waals surface area (Å²) >= 11 is 6.50. The molecule has 3 heterocycles. The highest BCUT2D eigenvalue weighted by atomic mass is 35.5. The lowest BCUT2D eigenvalue weighted by Gasteiger charge is -2.13. The van der Waals surface area contributed by atoms with Crippen molar-refractivity contribution in [2.45, 2.75) is 6.61 Å². The molecule has 3 aromatic heterocycles. The van der Waals surface area contributed by atoms with E-state index in [1.807, 2.05) is 60.7 Å². The van der Waals surface area contributed by atoms with Gasteiger partial charge in [0.2, 0.25) is 0 Å². The van der Waals surface area contributed by atoms with Gasteiger partial charge in [-0.2, -0.15) is 4.98 Å². The average molecular weight is 492 g/mol. The fourth-order valence-corrected chi connectivity index (χ4v) is 3.65. The van der Waals surface area contributed by atoms with Crippen molar-refractivity contribution in [3.63, 3.8) is 0 Å². The number of nitrogens with zero attached hydrogens (tertiary/aromatic N) is 4. The zero-order valence-electron chi connectivity index (χ0n) is 18.9. The summed E-state index contributed by atoms with van der Waals surface area (Å²) in [5.41, 5.74) is 2.81. The monoisotopic (exact) mass is 491 g/mol. The van der Waals surface area contributed by atoms with Crippen molar-refractivity contribution in [3.8, 4) is 40.4 Å². The zero-order valence-corrected chi connectivity index (χ0v) is 19.6. The maximum atomic E-state index is 12.5. The fraction of sp³-hybridized carbons (Fsp3) is 0.0357. The lowest BCUT2D eigenvalue weighted by Crippen LogP contribution is -2.15. The molecule has 0 fully saturated rings. The first-order valence-corrected chi connectivity index (χ1v) is 11.4. The van der Waals surface area contributed by atoms with Crippen molar-refractivity contribution < 1.29 is 4.74 Å². The molecular formula is C28H18ClN5O2. The number of H-pyrrole nitrogens is 1. The molecule has 0 amide bonds. The molecule has 0 aliphatic heterocycles. The number of benzene rings is 2. The highest BCUT2D eigenvalue weighted by Crippen LogP contribution is 2.35. The van der Waals surface area contributed by atoms with E-state index in [2.05, 4.69) is 36.8 Å². The van der Waals surface area contributed by atoms with Gasteiger partial charge in [-0.3, -0.25) is 9.97 Å². The van der Waals surface area contributed by atoms with Crippen molar-refractivity contribution >= 4 is 11.6 Å². The fourth-order valence-electron chi connectivity index (χ4n) is 3.40. The van der Waals surface area contributed by atoms with Gasteiger partial charge in [0, 0.05) is 23.5 Å². The standard InChI is InChI=1S/C28H18ClN5O2/c29-23-8-5-9-24(36-18-22-7-2-4-17-31-22)25(23)27-32-26(33-28(35)34-27)20-13-10-19(11-14-20)12-15-21-6-1-3-16-30-21/h1-11,13-14,16-17H,18H2,(H,32,33,34,35). The second-order valence-electron chi connectivity index (χ2n) is 7.59. The molecular weight excluding hydrogens is 474 g/mol. The SMILES string of the molecule is O=c1nc(-c2ccc(C#Cc3ccccn3)cc2)nc(-c2c(Cl)cccc2OCc2ccccn2)[nH]1. The Morgan fingerprint density at radius 3 is 2.39 bits per heavy atom. The number of aromatic nitrogens is 5. The number of halogens is 1. The molecule has 0 atom stereocenters. The van der Waals surface area contributed by atoms with Gasteiger partial charge in [-0.15, -0.1) is 0 Å². The third-order valence-electron chi connectivity index (χ3n) is 5.11. The van der Waals surface area contributed by atoms with Crippen LogP contribution in [0.15, 0.2) is 96.1 Å². The maximum Gasteiger partial charge on any atom is 0.348 e. The van der Waals surface area contributed by atoms with Crippen molar-refractivity contribution in [2.24, 2.45) is 0 Å². The number of pyridine rings is 2. The first-order valence-electron chi connectivity index (χ1n) is 11.0. The van der Waals surface area contributed by atoms with Crippen LogP contribution >= 0.6 is 11.6 Å². The smallest absolute Gasteiger partial charge is 0.348 e. The molecule has 0 saturated carbocycles.